The maximum absolute atomic E-state index is 14.3. The third-order valence-corrected chi connectivity index (χ3v) is 9.66. The minimum Gasteiger partial charge on any atom is -0.434 e. The molecular weight excluding hydrogens is 392 g/mol. The van der Waals surface area contributed by atoms with Crippen molar-refractivity contribution >= 4 is 34.3 Å². The van der Waals surface area contributed by atoms with Crippen LogP contribution in [-0.2, 0) is 6.16 Å². The van der Waals surface area contributed by atoms with Gasteiger partial charge < -0.3 is 4.42 Å². The van der Waals surface area contributed by atoms with Gasteiger partial charge >= 0.3 is 0 Å². The summed E-state index contributed by atoms with van der Waals surface area (Å²) in [4.78, 5) is 4.66. The van der Waals surface area contributed by atoms with Crippen LogP contribution in [0.3, 0.4) is 0 Å². The van der Waals surface area contributed by atoms with Crippen LogP contribution in [0.2, 0.25) is 0 Å². The molecule has 5 rings (SSSR count). The summed E-state index contributed by atoms with van der Waals surface area (Å²) in [5.74, 6) is 0.175. The second-order valence-electron chi connectivity index (χ2n) is 7.17. The molecule has 0 N–H and O–H groups in total. The molecule has 146 valence electrons. The largest absolute Gasteiger partial charge is 0.434 e. The van der Waals surface area contributed by atoms with Gasteiger partial charge in [-0.1, -0.05) is 60.7 Å². The third kappa shape index (κ3) is 3.22. The van der Waals surface area contributed by atoms with Crippen molar-refractivity contribution in [3.05, 3.63) is 121 Å². The van der Waals surface area contributed by atoms with E-state index in [-0.39, 0.29) is 11.4 Å². The van der Waals surface area contributed by atoms with Crippen molar-refractivity contribution < 1.29 is 8.81 Å². The Balaban J connectivity index is 1.77. The molecule has 0 radical (unpaired) electrons. The smallest absolute Gasteiger partial charge is 0.234 e. The molecule has 0 saturated heterocycles. The predicted molar refractivity (Wildman–Crippen MR) is 123 cm³/mol. The fraction of sp³-hybridized carbons (Fsp3) is 0.0385. The SMILES string of the molecule is Fc1cccc2nc(C[P+](c3ccccc3)(c3ccccc3)c3ccccc3)oc12. The van der Waals surface area contributed by atoms with E-state index in [9.17, 15) is 4.39 Å². The normalized spacial score (nSPS) is 11.6. The van der Waals surface area contributed by atoms with Crippen LogP contribution in [0.15, 0.2) is 114 Å². The Morgan fingerprint density at radius 2 is 1.13 bits per heavy atom. The lowest BCUT2D eigenvalue weighted by Crippen LogP contribution is -2.32. The first-order chi connectivity index (χ1) is 14.8. The zero-order valence-corrected chi connectivity index (χ0v) is 17.2. The topological polar surface area (TPSA) is 26.0 Å². The quantitative estimate of drug-likeness (QED) is 0.358. The van der Waals surface area contributed by atoms with E-state index in [0.717, 1.165) is 0 Å². The van der Waals surface area contributed by atoms with Gasteiger partial charge in [0.05, 0.1) is 0 Å². The summed E-state index contributed by atoms with van der Waals surface area (Å²) in [5, 5.41) is 3.72. The van der Waals surface area contributed by atoms with Gasteiger partial charge in [-0.15, -0.1) is 0 Å². The number of halogens is 1. The second-order valence-corrected chi connectivity index (χ2v) is 10.7. The highest BCUT2D eigenvalue weighted by atomic mass is 31.2. The van der Waals surface area contributed by atoms with E-state index in [1.807, 2.05) is 18.2 Å². The van der Waals surface area contributed by atoms with Crippen molar-refractivity contribution in [2.75, 3.05) is 0 Å². The number of aromatic nitrogens is 1. The Labute approximate surface area is 175 Å². The van der Waals surface area contributed by atoms with Gasteiger partial charge in [0.1, 0.15) is 34.9 Å². The number of oxazole rings is 1. The molecule has 0 unspecified atom stereocenters. The van der Waals surface area contributed by atoms with Crippen LogP contribution in [0.4, 0.5) is 4.39 Å². The maximum Gasteiger partial charge on any atom is 0.234 e. The summed E-state index contributed by atoms with van der Waals surface area (Å²) >= 11 is 0. The van der Waals surface area contributed by atoms with E-state index in [1.165, 1.54) is 22.0 Å². The molecule has 0 saturated carbocycles. The number of hydrogen-bond donors (Lipinski definition) is 0. The van der Waals surface area contributed by atoms with E-state index in [2.05, 4.69) is 77.8 Å². The van der Waals surface area contributed by atoms with Crippen LogP contribution in [-0.4, -0.2) is 4.98 Å². The first-order valence-electron chi connectivity index (χ1n) is 9.86. The van der Waals surface area contributed by atoms with Gasteiger partial charge in [-0.25, -0.2) is 9.37 Å². The van der Waals surface area contributed by atoms with Gasteiger partial charge in [-0.05, 0) is 48.5 Å². The van der Waals surface area contributed by atoms with Crippen molar-refractivity contribution in [3.63, 3.8) is 0 Å². The molecule has 4 aromatic carbocycles. The van der Waals surface area contributed by atoms with Gasteiger partial charge in [0.15, 0.2) is 11.4 Å². The van der Waals surface area contributed by atoms with Crippen LogP contribution < -0.4 is 15.9 Å². The Kier molecular flexibility index (Phi) is 4.90. The zero-order valence-electron chi connectivity index (χ0n) is 16.3. The first-order valence-corrected chi connectivity index (χ1v) is 11.8. The number of hydrogen-bond acceptors (Lipinski definition) is 2. The minimum absolute atomic E-state index is 0.222. The predicted octanol–water partition coefficient (Wildman–Crippen LogP) is 5.46. The van der Waals surface area contributed by atoms with Gasteiger partial charge in [0.25, 0.3) is 0 Å². The molecule has 1 heterocycles. The van der Waals surface area contributed by atoms with E-state index in [4.69, 9.17) is 4.42 Å². The van der Waals surface area contributed by atoms with Gasteiger partial charge in [-0.3, -0.25) is 0 Å². The fourth-order valence-corrected chi connectivity index (χ4v) is 8.03. The molecule has 0 spiro atoms. The molecule has 0 bridgehead atoms. The summed E-state index contributed by atoms with van der Waals surface area (Å²) < 4.78 is 20.2. The van der Waals surface area contributed by atoms with Crippen molar-refractivity contribution in [2.45, 2.75) is 6.16 Å². The lowest BCUT2D eigenvalue weighted by atomic mass is 10.3. The Bertz CT molecular complexity index is 1170. The molecule has 30 heavy (non-hydrogen) atoms. The minimum atomic E-state index is -2.12. The summed E-state index contributed by atoms with van der Waals surface area (Å²) in [6.45, 7) is 0. The van der Waals surface area contributed by atoms with E-state index in [0.29, 0.717) is 17.6 Å². The summed E-state index contributed by atoms with van der Waals surface area (Å²) in [5.41, 5.74) is 0.775. The number of para-hydroxylation sites is 1. The van der Waals surface area contributed by atoms with E-state index in [1.54, 1.807) is 12.1 Å². The van der Waals surface area contributed by atoms with Gasteiger partial charge in [-0.2, -0.15) is 0 Å². The van der Waals surface area contributed by atoms with Crippen LogP contribution in [0.25, 0.3) is 11.1 Å². The van der Waals surface area contributed by atoms with E-state index < -0.39 is 7.26 Å². The number of benzene rings is 4. The van der Waals surface area contributed by atoms with Crippen molar-refractivity contribution in [3.8, 4) is 0 Å². The molecule has 0 aliphatic rings. The molecule has 5 aromatic rings. The average molecular weight is 412 g/mol. The third-order valence-electron chi connectivity index (χ3n) is 5.37. The molecule has 0 atom stereocenters. The van der Waals surface area contributed by atoms with Crippen LogP contribution in [0.5, 0.6) is 0 Å². The molecule has 0 amide bonds. The Morgan fingerprint density at radius 1 is 0.633 bits per heavy atom. The highest BCUT2D eigenvalue weighted by Gasteiger charge is 2.47. The summed E-state index contributed by atoms with van der Waals surface area (Å²) in [7, 11) is -2.12. The Morgan fingerprint density at radius 3 is 1.60 bits per heavy atom. The zero-order chi connectivity index (χ0) is 20.4. The van der Waals surface area contributed by atoms with Crippen molar-refractivity contribution in [2.24, 2.45) is 0 Å². The lowest BCUT2D eigenvalue weighted by Gasteiger charge is -2.26. The average Bonchev–Trinajstić information content (AvgIpc) is 3.23. The van der Waals surface area contributed by atoms with Crippen molar-refractivity contribution in [1.82, 2.24) is 4.98 Å². The van der Waals surface area contributed by atoms with E-state index >= 15 is 0 Å². The second kappa shape index (κ2) is 7.85. The molecular formula is C26H20FNOP+. The highest BCUT2D eigenvalue weighted by molar-refractivity contribution is 7.95. The number of rotatable bonds is 5. The summed E-state index contributed by atoms with van der Waals surface area (Å²) in [6, 6.07) is 36.4. The van der Waals surface area contributed by atoms with Crippen LogP contribution in [0.1, 0.15) is 5.89 Å². The Hall–Kier alpha value is -3.29. The first kappa shape index (κ1) is 18.7. The molecule has 0 aliphatic carbocycles. The molecule has 2 nitrogen and oxygen atoms in total. The van der Waals surface area contributed by atoms with Gasteiger partial charge in [0, 0.05) is 0 Å². The molecule has 0 aliphatic heterocycles. The summed E-state index contributed by atoms with van der Waals surface area (Å²) in [6.07, 6.45) is 0.582. The van der Waals surface area contributed by atoms with Crippen LogP contribution >= 0.6 is 7.26 Å². The molecule has 1 aromatic heterocycles. The molecule has 0 fully saturated rings. The standard InChI is InChI=1S/C26H20FNOP/c27-23-17-10-18-24-26(23)29-25(28-24)19-30(20-11-4-1-5-12-20,21-13-6-2-7-14-21)22-15-8-3-9-16-22/h1-18H,19H2/q+1. The lowest BCUT2D eigenvalue weighted by molar-refractivity contribution is 0.524. The fourth-order valence-electron chi connectivity index (χ4n) is 4.00. The molecule has 4 heteroatoms. The van der Waals surface area contributed by atoms with Crippen molar-refractivity contribution in [1.29, 1.82) is 0 Å². The monoisotopic (exact) mass is 412 g/mol. The maximum atomic E-state index is 14.3. The highest BCUT2D eigenvalue weighted by Crippen LogP contribution is 2.58. The number of nitrogens with zero attached hydrogens (tertiary/aromatic N) is 1. The number of fused-ring (bicyclic) bond motifs is 1. The van der Waals surface area contributed by atoms with Gasteiger partial charge in [0.2, 0.25) is 5.89 Å². The van der Waals surface area contributed by atoms with Crippen LogP contribution in [0, 0.1) is 5.82 Å².